The largest absolute Gasteiger partial charge is 0.355 e. The van der Waals surface area contributed by atoms with Crippen LogP contribution in [0.5, 0.6) is 0 Å². The molecule has 0 N–H and O–H groups in total. The minimum Gasteiger partial charge on any atom is -0.355 e. The molecule has 0 saturated carbocycles. The molecule has 0 rings (SSSR count). The van der Waals surface area contributed by atoms with Gasteiger partial charge in [0.25, 0.3) is 0 Å². The minimum absolute atomic E-state index is 0.478. The highest BCUT2D eigenvalue weighted by Crippen LogP contribution is 2.29. The zero-order chi connectivity index (χ0) is 27.0. The summed E-state index contributed by atoms with van der Waals surface area (Å²) < 4.78 is 12.7. The van der Waals surface area contributed by atoms with Crippen LogP contribution in [0.1, 0.15) is 151 Å². The van der Waals surface area contributed by atoms with Crippen molar-refractivity contribution in [2.75, 3.05) is 24.4 Å². The Morgan fingerprint density at radius 1 is 0.472 bits per heavy atom. The van der Waals surface area contributed by atoms with E-state index in [2.05, 4.69) is 71.1 Å². The number of hydrogen-bond acceptors (Lipinski definition) is 2. The summed E-state index contributed by atoms with van der Waals surface area (Å²) in [5.74, 6) is 5.12. The molecule has 0 heterocycles. The molecule has 0 bridgehead atoms. The van der Waals surface area contributed by atoms with Gasteiger partial charge < -0.3 is 9.47 Å². The van der Waals surface area contributed by atoms with Crippen LogP contribution in [0.15, 0.2) is 0 Å². The second-order valence-corrected chi connectivity index (χ2v) is 13.9. The van der Waals surface area contributed by atoms with Crippen molar-refractivity contribution in [3.63, 3.8) is 0 Å². The van der Waals surface area contributed by atoms with E-state index >= 15 is 0 Å². The molecule has 0 radical (unpaired) electrons. The SMILES string of the molecule is CCCCCCCCCOCOCCCC(C)CC(C)CC(C)CC(C)CC(C)CC(C)CCCI. The van der Waals surface area contributed by atoms with E-state index in [9.17, 15) is 0 Å². The minimum atomic E-state index is 0.478. The summed E-state index contributed by atoms with van der Waals surface area (Å²) in [7, 11) is 0. The smallest absolute Gasteiger partial charge is 0.146 e. The van der Waals surface area contributed by atoms with Crippen molar-refractivity contribution in [1.29, 1.82) is 0 Å². The first-order chi connectivity index (χ1) is 17.3. The van der Waals surface area contributed by atoms with Gasteiger partial charge in [0.15, 0.2) is 0 Å². The topological polar surface area (TPSA) is 18.5 Å². The predicted molar refractivity (Wildman–Crippen MR) is 170 cm³/mol. The normalized spacial score (nSPS) is 17.0. The van der Waals surface area contributed by atoms with Crippen molar-refractivity contribution in [3.8, 4) is 0 Å². The third-order valence-electron chi connectivity index (χ3n) is 7.90. The molecule has 2 nitrogen and oxygen atoms in total. The van der Waals surface area contributed by atoms with E-state index in [1.807, 2.05) is 0 Å². The number of unbranched alkanes of at least 4 members (excludes halogenated alkanes) is 6. The standard InChI is InChI=1S/C33H67IO2/c1-8-9-10-11-12-13-14-20-35-27-36-21-16-18-29(3)23-31(5)25-33(7)26-32(6)24-30(4)22-28(2)17-15-19-34/h28-33H,8-27H2,1-7H3. The van der Waals surface area contributed by atoms with Gasteiger partial charge in [0.2, 0.25) is 0 Å². The van der Waals surface area contributed by atoms with Crippen molar-refractivity contribution in [1.82, 2.24) is 0 Å². The molecule has 6 atom stereocenters. The van der Waals surface area contributed by atoms with Gasteiger partial charge >= 0.3 is 0 Å². The molecule has 0 spiro atoms. The van der Waals surface area contributed by atoms with E-state index < -0.39 is 0 Å². The van der Waals surface area contributed by atoms with Crippen LogP contribution in [0, 0.1) is 35.5 Å². The molecule has 0 aromatic heterocycles. The van der Waals surface area contributed by atoms with Crippen LogP contribution in [0.4, 0.5) is 0 Å². The highest BCUT2D eigenvalue weighted by molar-refractivity contribution is 14.1. The molecule has 218 valence electrons. The molecule has 0 aromatic rings. The number of ether oxygens (including phenoxy) is 2. The average Bonchev–Trinajstić information content (AvgIpc) is 2.80. The maximum Gasteiger partial charge on any atom is 0.146 e. The Balaban J connectivity index is 3.71. The Morgan fingerprint density at radius 3 is 1.33 bits per heavy atom. The zero-order valence-electron chi connectivity index (χ0n) is 25.8. The summed E-state index contributed by atoms with van der Waals surface area (Å²) in [6.07, 6.45) is 21.5. The maximum atomic E-state index is 5.71. The van der Waals surface area contributed by atoms with Gasteiger partial charge in [-0.25, -0.2) is 0 Å². The van der Waals surface area contributed by atoms with Crippen molar-refractivity contribution < 1.29 is 9.47 Å². The first-order valence-corrected chi connectivity index (χ1v) is 17.5. The monoisotopic (exact) mass is 622 g/mol. The Labute approximate surface area is 242 Å². The molecule has 0 aromatic carbocycles. The van der Waals surface area contributed by atoms with E-state index in [0.717, 1.165) is 55.1 Å². The van der Waals surface area contributed by atoms with Gasteiger partial charge in [-0.05, 0) is 104 Å². The van der Waals surface area contributed by atoms with Gasteiger partial charge in [-0.3, -0.25) is 0 Å². The van der Waals surface area contributed by atoms with E-state index in [1.165, 1.54) is 101 Å². The number of hydrogen-bond donors (Lipinski definition) is 0. The van der Waals surface area contributed by atoms with Crippen LogP contribution in [0.25, 0.3) is 0 Å². The van der Waals surface area contributed by atoms with Crippen LogP contribution < -0.4 is 0 Å². The van der Waals surface area contributed by atoms with E-state index in [4.69, 9.17) is 9.47 Å². The van der Waals surface area contributed by atoms with Crippen molar-refractivity contribution in [2.45, 2.75) is 151 Å². The molecule has 3 heteroatoms. The fourth-order valence-electron chi connectivity index (χ4n) is 6.35. The van der Waals surface area contributed by atoms with Crippen molar-refractivity contribution in [2.24, 2.45) is 35.5 Å². The first kappa shape index (κ1) is 36.6. The zero-order valence-corrected chi connectivity index (χ0v) is 28.0. The molecule has 0 amide bonds. The molecule has 0 saturated heterocycles. The molecule has 0 aliphatic heterocycles. The van der Waals surface area contributed by atoms with Gasteiger partial charge in [-0.1, -0.05) is 110 Å². The molecular weight excluding hydrogens is 555 g/mol. The Hall–Kier alpha value is 0.650. The quantitative estimate of drug-likeness (QED) is 0.0393. The van der Waals surface area contributed by atoms with Crippen LogP contribution in [-0.2, 0) is 9.47 Å². The molecule has 0 aliphatic carbocycles. The molecule has 6 unspecified atom stereocenters. The summed E-state index contributed by atoms with van der Waals surface area (Å²) >= 11 is 2.51. The third-order valence-corrected chi connectivity index (χ3v) is 8.66. The summed E-state index contributed by atoms with van der Waals surface area (Å²) in [4.78, 5) is 0. The third kappa shape index (κ3) is 25.0. The van der Waals surface area contributed by atoms with Crippen molar-refractivity contribution in [3.05, 3.63) is 0 Å². The first-order valence-electron chi connectivity index (χ1n) is 16.0. The highest BCUT2D eigenvalue weighted by Gasteiger charge is 2.17. The predicted octanol–water partition coefficient (Wildman–Crippen LogP) is 11.5. The molecule has 36 heavy (non-hydrogen) atoms. The molecular formula is C33H67IO2. The lowest BCUT2D eigenvalue weighted by atomic mass is 9.81. The summed E-state index contributed by atoms with van der Waals surface area (Å²) in [5, 5.41) is 0. The molecule has 0 aliphatic rings. The van der Waals surface area contributed by atoms with E-state index in [1.54, 1.807) is 0 Å². The van der Waals surface area contributed by atoms with E-state index in [0.29, 0.717) is 6.79 Å². The maximum absolute atomic E-state index is 5.71. The Bertz CT molecular complexity index is 443. The number of alkyl halides is 1. The van der Waals surface area contributed by atoms with Crippen molar-refractivity contribution >= 4 is 22.6 Å². The fraction of sp³-hybridized carbons (Fsp3) is 1.00. The van der Waals surface area contributed by atoms with Gasteiger partial charge in [0.1, 0.15) is 6.79 Å². The molecule has 0 fully saturated rings. The summed E-state index contributed by atoms with van der Waals surface area (Å²) in [6, 6.07) is 0. The highest BCUT2D eigenvalue weighted by atomic mass is 127. The fourth-order valence-corrected chi connectivity index (χ4v) is 6.79. The van der Waals surface area contributed by atoms with Crippen LogP contribution in [0.3, 0.4) is 0 Å². The lowest BCUT2D eigenvalue weighted by Gasteiger charge is -2.25. The van der Waals surface area contributed by atoms with E-state index in [-0.39, 0.29) is 0 Å². The second kappa shape index (κ2) is 25.9. The van der Waals surface area contributed by atoms with Gasteiger partial charge in [-0.2, -0.15) is 0 Å². The average molecular weight is 623 g/mol. The van der Waals surface area contributed by atoms with Crippen LogP contribution >= 0.6 is 22.6 Å². The second-order valence-electron chi connectivity index (χ2n) is 12.8. The lowest BCUT2D eigenvalue weighted by Crippen LogP contribution is -2.13. The van der Waals surface area contributed by atoms with Crippen LogP contribution in [0.2, 0.25) is 0 Å². The van der Waals surface area contributed by atoms with Gasteiger partial charge in [0.05, 0.1) is 0 Å². The van der Waals surface area contributed by atoms with Gasteiger partial charge in [-0.15, -0.1) is 0 Å². The Morgan fingerprint density at radius 2 is 0.861 bits per heavy atom. The Kier molecular flexibility index (Phi) is 26.4. The number of rotatable bonds is 27. The lowest BCUT2D eigenvalue weighted by molar-refractivity contribution is -0.0561. The van der Waals surface area contributed by atoms with Crippen LogP contribution in [-0.4, -0.2) is 24.4 Å². The summed E-state index contributed by atoms with van der Waals surface area (Å²) in [5.41, 5.74) is 0. The summed E-state index contributed by atoms with van der Waals surface area (Å²) in [6.45, 7) is 19.3. The number of halogens is 1. The van der Waals surface area contributed by atoms with Gasteiger partial charge in [0, 0.05) is 13.2 Å².